The molecule has 0 aromatic heterocycles. The fourth-order valence-electron chi connectivity index (χ4n) is 1.15. The lowest BCUT2D eigenvalue weighted by molar-refractivity contribution is -0.0882. The van der Waals surface area contributed by atoms with Crippen molar-refractivity contribution in [3.63, 3.8) is 0 Å². The van der Waals surface area contributed by atoms with E-state index < -0.39 is 11.7 Å². The molecule has 0 heterocycles. The third-order valence-electron chi connectivity index (χ3n) is 1.81. The Morgan fingerprint density at radius 2 is 1.92 bits per heavy atom. The summed E-state index contributed by atoms with van der Waals surface area (Å²) >= 11 is 0. The first kappa shape index (κ1) is 10.1. The molecule has 0 aromatic carbocycles. The molecule has 0 atom stereocenters. The molecular formula is C10H11F3. The minimum absolute atomic E-state index is 0.569. The van der Waals surface area contributed by atoms with E-state index in [1.54, 1.807) is 13.0 Å². The maximum absolute atomic E-state index is 12.3. The van der Waals surface area contributed by atoms with Gasteiger partial charge in [0.15, 0.2) is 0 Å². The summed E-state index contributed by atoms with van der Waals surface area (Å²) in [6.45, 7) is 1.69. The first-order valence-corrected chi connectivity index (χ1v) is 4.12. The molecule has 0 aromatic rings. The summed E-state index contributed by atoms with van der Waals surface area (Å²) in [4.78, 5) is 0. The van der Waals surface area contributed by atoms with E-state index in [1.807, 2.05) is 6.08 Å². The third kappa shape index (κ3) is 3.09. The Kier molecular flexibility index (Phi) is 2.96. The second-order valence-electron chi connectivity index (χ2n) is 3.03. The highest BCUT2D eigenvalue weighted by Crippen LogP contribution is 2.28. The average molecular weight is 188 g/mol. The number of alkyl halides is 3. The van der Waals surface area contributed by atoms with Gasteiger partial charge in [-0.2, -0.15) is 13.2 Å². The zero-order valence-corrected chi connectivity index (χ0v) is 7.36. The van der Waals surface area contributed by atoms with Crippen LogP contribution in [0.15, 0.2) is 35.5 Å². The Bertz CT molecular complexity index is 266. The van der Waals surface area contributed by atoms with Crippen LogP contribution >= 0.6 is 0 Å². The van der Waals surface area contributed by atoms with E-state index >= 15 is 0 Å². The molecule has 0 spiro atoms. The van der Waals surface area contributed by atoms with Gasteiger partial charge in [-0.1, -0.05) is 23.8 Å². The third-order valence-corrected chi connectivity index (χ3v) is 1.81. The topological polar surface area (TPSA) is 0 Å². The standard InChI is InChI=1S/C10H11F3/c1-8-5-3-2-4-6-9(7-8)10(11,12)13/h4-7H,2-3H2,1H3/b6-4+,8-5-,9-7+. The molecule has 0 fully saturated rings. The van der Waals surface area contributed by atoms with Crippen molar-refractivity contribution in [2.24, 2.45) is 0 Å². The second kappa shape index (κ2) is 3.81. The summed E-state index contributed by atoms with van der Waals surface area (Å²) in [5.41, 5.74) is 0.109. The summed E-state index contributed by atoms with van der Waals surface area (Å²) in [5, 5.41) is 0. The summed E-state index contributed by atoms with van der Waals surface area (Å²) in [6.07, 6.45) is 2.95. The number of hydrogen-bond acceptors (Lipinski definition) is 0. The minimum Gasteiger partial charge on any atom is -0.166 e. The number of halogens is 3. The largest absolute Gasteiger partial charge is 0.416 e. The van der Waals surface area contributed by atoms with Crippen LogP contribution in [0.1, 0.15) is 19.8 Å². The zero-order valence-electron chi connectivity index (χ0n) is 7.36. The number of allylic oxidation sites excluding steroid dienone is 6. The van der Waals surface area contributed by atoms with E-state index in [0.717, 1.165) is 12.5 Å². The van der Waals surface area contributed by atoms with Crippen LogP contribution in [0.25, 0.3) is 0 Å². The van der Waals surface area contributed by atoms with Crippen LogP contribution in [-0.4, -0.2) is 6.18 Å². The van der Waals surface area contributed by atoms with Gasteiger partial charge in [-0.15, -0.1) is 0 Å². The highest BCUT2D eigenvalue weighted by atomic mass is 19.4. The summed E-state index contributed by atoms with van der Waals surface area (Å²) in [5.74, 6) is 0. The predicted octanol–water partition coefficient (Wildman–Crippen LogP) is 3.77. The molecule has 0 saturated carbocycles. The van der Waals surface area contributed by atoms with Crippen molar-refractivity contribution < 1.29 is 13.2 Å². The van der Waals surface area contributed by atoms with Gasteiger partial charge in [-0.05, 0) is 25.8 Å². The minimum atomic E-state index is -4.23. The smallest absolute Gasteiger partial charge is 0.166 e. The van der Waals surface area contributed by atoms with Gasteiger partial charge in [0.2, 0.25) is 0 Å². The van der Waals surface area contributed by atoms with Crippen LogP contribution < -0.4 is 0 Å². The normalized spacial score (nSPS) is 29.2. The average Bonchev–Trinajstić information content (AvgIpc) is 1.94. The van der Waals surface area contributed by atoms with Crippen LogP contribution in [0.2, 0.25) is 0 Å². The monoisotopic (exact) mass is 188 g/mol. The maximum Gasteiger partial charge on any atom is 0.416 e. The molecule has 0 unspecified atom stereocenters. The van der Waals surface area contributed by atoms with E-state index in [2.05, 4.69) is 0 Å². The molecule has 0 aliphatic heterocycles. The van der Waals surface area contributed by atoms with Crippen molar-refractivity contribution in [2.45, 2.75) is 25.9 Å². The Morgan fingerprint density at radius 1 is 1.23 bits per heavy atom. The van der Waals surface area contributed by atoms with Crippen molar-refractivity contribution in [2.75, 3.05) is 0 Å². The second-order valence-corrected chi connectivity index (χ2v) is 3.03. The van der Waals surface area contributed by atoms with Crippen LogP contribution in [-0.2, 0) is 0 Å². The molecule has 0 amide bonds. The van der Waals surface area contributed by atoms with Gasteiger partial charge in [0.25, 0.3) is 0 Å². The Balaban J connectivity index is 2.98. The summed E-state index contributed by atoms with van der Waals surface area (Å²) < 4.78 is 36.8. The van der Waals surface area contributed by atoms with E-state index in [1.165, 1.54) is 6.08 Å². The molecule has 13 heavy (non-hydrogen) atoms. The lowest BCUT2D eigenvalue weighted by Crippen LogP contribution is -2.10. The van der Waals surface area contributed by atoms with E-state index in [4.69, 9.17) is 0 Å². The number of hydrogen-bond donors (Lipinski definition) is 0. The molecule has 0 bridgehead atoms. The van der Waals surface area contributed by atoms with E-state index in [9.17, 15) is 13.2 Å². The van der Waals surface area contributed by atoms with Crippen LogP contribution in [0.4, 0.5) is 13.2 Å². The van der Waals surface area contributed by atoms with Gasteiger partial charge in [0.05, 0.1) is 5.57 Å². The summed E-state index contributed by atoms with van der Waals surface area (Å²) in [6, 6.07) is 0. The molecule has 3 heteroatoms. The highest BCUT2D eigenvalue weighted by molar-refractivity contribution is 5.33. The van der Waals surface area contributed by atoms with Gasteiger partial charge >= 0.3 is 6.18 Å². The van der Waals surface area contributed by atoms with Gasteiger partial charge < -0.3 is 0 Å². The lowest BCUT2D eigenvalue weighted by Gasteiger charge is -2.09. The van der Waals surface area contributed by atoms with E-state index in [0.29, 0.717) is 12.0 Å². The Hall–Kier alpha value is -0.990. The molecule has 1 rings (SSSR count). The van der Waals surface area contributed by atoms with Gasteiger partial charge in [-0.25, -0.2) is 0 Å². The van der Waals surface area contributed by atoms with E-state index in [-0.39, 0.29) is 0 Å². The molecule has 1 aliphatic carbocycles. The number of rotatable bonds is 0. The SMILES string of the molecule is CC1=C/CC/C=C/C(C(F)(F)F)=C\1. The van der Waals surface area contributed by atoms with Crippen molar-refractivity contribution in [1.29, 1.82) is 0 Å². The van der Waals surface area contributed by atoms with Crippen LogP contribution in [0.5, 0.6) is 0 Å². The van der Waals surface area contributed by atoms with Crippen molar-refractivity contribution in [3.8, 4) is 0 Å². The van der Waals surface area contributed by atoms with Gasteiger partial charge in [0.1, 0.15) is 0 Å². The first-order valence-electron chi connectivity index (χ1n) is 4.12. The van der Waals surface area contributed by atoms with Crippen molar-refractivity contribution >= 4 is 0 Å². The van der Waals surface area contributed by atoms with Crippen molar-refractivity contribution in [3.05, 3.63) is 35.5 Å². The highest BCUT2D eigenvalue weighted by Gasteiger charge is 2.31. The lowest BCUT2D eigenvalue weighted by atomic mass is 10.1. The molecule has 0 saturated heterocycles. The maximum atomic E-state index is 12.3. The van der Waals surface area contributed by atoms with Gasteiger partial charge in [0, 0.05) is 0 Å². The quantitative estimate of drug-likeness (QED) is 0.542. The predicted molar refractivity (Wildman–Crippen MR) is 46.3 cm³/mol. The molecule has 0 radical (unpaired) electrons. The Morgan fingerprint density at radius 3 is 2.54 bits per heavy atom. The molecule has 72 valence electrons. The fourth-order valence-corrected chi connectivity index (χ4v) is 1.15. The van der Waals surface area contributed by atoms with Crippen LogP contribution in [0.3, 0.4) is 0 Å². The molecule has 0 nitrogen and oxygen atoms in total. The van der Waals surface area contributed by atoms with Crippen LogP contribution in [0, 0.1) is 0 Å². The van der Waals surface area contributed by atoms with Gasteiger partial charge in [-0.3, -0.25) is 0 Å². The zero-order chi connectivity index (χ0) is 9.90. The summed E-state index contributed by atoms with van der Waals surface area (Å²) in [7, 11) is 0. The molecule has 0 N–H and O–H groups in total. The first-order chi connectivity index (χ1) is 6.00. The van der Waals surface area contributed by atoms with Crippen molar-refractivity contribution in [1.82, 2.24) is 0 Å². The molecular weight excluding hydrogens is 177 g/mol. The fraction of sp³-hybridized carbons (Fsp3) is 0.400. The Labute approximate surface area is 75.4 Å². The molecule has 1 aliphatic rings.